The van der Waals surface area contributed by atoms with Crippen LogP contribution in [0.4, 0.5) is 0 Å². The van der Waals surface area contributed by atoms with Crippen molar-refractivity contribution in [3.63, 3.8) is 0 Å². The molecule has 2 aliphatic rings. The van der Waals surface area contributed by atoms with Gasteiger partial charge >= 0.3 is 0 Å². The predicted molar refractivity (Wildman–Crippen MR) is 73.9 cm³/mol. The van der Waals surface area contributed by atoms with Gasteiger partial charge < -0.3 is 10.5 Å². The minimum atomic E-state index is 0.170. The topological polar surface area (TPSA) is 35.2 Å². The van der Waals surface area contributed by atoms with E-state index in [9.17, 15) is 0 Å². The average Bonchev–Trinajstić information content (AvgIpc) is 3.24. The standard InChI is InChI=1S/C16H23NO/c17-12-16(10-4-1-5-11-16)14-6-2-3-7-15(14)18-13-8-9-13/h2-3,6-7,13H,1,4-5,8-12,17H2. The summed E-state index contributed by atoms with van der Waals surface area (Å²) in [6, 6.07) is 8.56. The van der Waals surface area contributed by atoms with E-state index in [4.69, 9.17) is 10.5 Å². The molecule has 0 amide bonds. The first kappa shape index (κ1) is 12.0. The van der Waals surface area contributed by atoms with Crippen LogP contribution >= 0.6 is 0 Å². The van der Waals surface area contributed by atoms with Gasteiger partial charge in [-0.15, -0.1) is 0 Å². The number of benzene rings is 1. The Morgan fingerprint density at radius 2 is 1.83 bits per heavy atom. The van der Waals surface area contributed by atoms with Gasteiger partial charge in [0.05, 0.1) is 6.10 Å². The Morgan fingerprint density at radius 1 is 1.11 bits per heavy atom. The fraction of sp³-hybridized carbons (Fsp3) is 0.625. The zero-order valence-electron chi connectivity index (χ0n) is 11.0. The fourth-order valence-corrected chi connectivity index (χ4v) is 3.18. The van der Waals surface area contributed by atoms with E-state index in [0.717, 1.165) is 12.3 Å². The summed E-state index contributed by atoms with van der Waals surface area (Å²) in [5.41, 5.74) is 7.66. The summed E-state index contributed by atoms with van der Waals surface area (Å²) < 4.78 is 6.08. The summed E-state index contributed by atoms with van der Waals surface area (Å²) in [5.74, 6) is 1.09. The van der Waals surface area contributed by atoms with Crippen LogP contribution in [-0.4, -0.2) is 12.6 Å². The summed E-state index contributed by atoms with van der Waals surface area (Å²) in [7, 11) is 0. The first-order chi connectivity index (χ1) is 8.84. The molecule has 2 nitrogen and oxygen atoms in total. The van der Waals surface area contributed by atoms with E-state index >= 15 is 0 Å². The molecular weight excluding hydrogens is 222 g/mol. The minimum Gasteiger partial charge on any atom is -0.490 e. The highest BCUT2D eigenvalue weighted by molar-refractivity contribution is 5.41. The first-order valence-corrected chi connectivity index (χ1v) is 7.30. The van der Waals surface area contributed by atoms with Gasteiger partial charge in [-0.05, 0) is 31.7 Å². The molecule has 0 aliphatic heterocycles. The molecule has 0 heterocycles. The van der Waals surface area contributed by atoms with Crippen molar-refractivity contribution in [3.8, 4) is 5.75 Å². The Kier molecular flexibility index (Phi) is 3.29. The molecule has 0 aromatic heterocycles. The molecule has 0 atom stereocenters. The third-order valence-corrected chi connectivity index (χ3v) is 4.48. The van der Waals surface area contributed by atoms with Crippen LogP contribution in [0.25, 0.3) is 0 Å². The van der Waals surface area contributed by atoms with Crippen molar-refractivity contribution in [2.24, 2.45) is 5.73 Å². The second kappa shape index (κ2) is 4.93. The first-order valence-electron chi connectivity index (χ1n) is 7.30. The van der Waals surface area contributed by atoms with Gasteiger partial charge in [-0.2, -0.15) is 0 Å². The normalized spacial score (nSPS) is 22.7. The lowest BCUT2D eigenvalue weighted by molar-refractivity contribution is 0.263. The Hall–Kier alpha value is -1.02. The molecule has 1 aromatic rings. The van der Waals surface area contributed by atoms with Crippen LogP contribution in [0.1, 0.15) is 50.5 Å². The van der Waals surface area contributed by atoms with Gasteiger partial charge in [0.1, 0.15) is 5.75 Å². The maximum atomic E-state index is 6.13. The molecule has 2 fully saturated rings. The molecule has 18 heavy (non-hydrogen) atoms. The van der Waals surface area contributed by atoms with E-state index in [0.29, 0.717) is 6.10 Å². The highest BCUT2D eigenvalue weighted by atomic mass is 16.5. The van der Waals surface area contributed by atoms with E-state index in [-0.39, 0.29) is 5.41 Å². The highest BCUT2D eigenvalue weighted by Crippen LogP contribution is 2.43. The lowest BCUT2D eigenvalue weighted by Gasteiger charge is -2.37. The number of para-hydroxylation sites is 1. The van der Waals surface area contributed by atoms with E-state index < -0.39 is 0 Å². The van der Waals surface area contributed by atoms with Crippen molar-refractivity contribution in [1.29, 1.82) is 0 Å². The molecule has 2 heteroatoms. The van der Waals surface area contributed by atoms with Crippen LogP contribution in [0.5, 0.6) is 5.75 Å². The Labute approximate surface area is 110 Å². The van der Waals surface area contributed by atoms with Crippen molar-refractivity contribution in [1.82, 2.24) is 0 Å². The van der Waals surface area contributed by atoms with Crippen molar-refractivity contribution in [2.45, 2.75) is 56.5 Å². The van der Waals surface area contributed by atoms with Crippen molar-refractivity contribution >= 4 is 0 Å². The molecule has 3 rings (SSSR count). The number of nitrogens with two attached hydrogens (primary N) is 1. The molecular formula is C16H23NO. The average molecular weight is 245 g/mol. The van der Waals surface area contributed by atoms with Gasteiger partial charge in [0.15, 0.2) is 0 Å². The Balaban J connectivity index is 1.92. The van der Waals surface area contributed by atoms with Crippen molar-refractivity contribution in [3.05, 3.63) is 29.8 Å². The zero-order valence-corrected chi connectivity index (χ0v) is 11.0. The molecule has 1 aromatic carbocycles. The van der Waals surface area contributed by atoms with Crippen molar-refractivity contribution < 1.29 is 4.74 Å². The molecule has 0 bridgehead atoms. The van der Waals surface area contributed by atoms with Gasteiger partial charge in [-0.1, -0.05) is 37.5 Å². The molecule has 0 saturated heterocycles. The Bertz CT molecular complexity index is 405. The third-order valence-electron chi connectivity index (χ3n) is 4.48. The second-order valence-electron chi connectivity index (χ2n) is 5.86. The quantitative estimate of drug-likeness (QED) is 0.882. The summed E-state index contributed by atoms with van der Waals surface area (Å²) in [5, 5.41) is 0. The van der Waals surface area contributed by atoms with E-state index in [1.807, 2.05) is 0 Å². The smallest absolute Gasteiger partial charge is 0.123 e. The van der Waals surface area contributed by atoms with Crippen LogP contribution < -0.4 is 10.5 Å². The van der Waals surface area contributed by atoms with E-state index in [1.54, 1.807) is 0 Å². The second-order valence-corrected chi connectivity index (χ2v) is 5.86. The number of rotatable bonds is 4. The van der Waals surface area contributed by atoms with Gasteiger partial charge in [0.2, 0.25) is 0 Å². The number of hydrogen-bond donors (Lipinski definition) is 1. The van der Waals surface area contributed by atoms with Crippen LogP contribution in [0, 0.1) is 0 Å². The molecule has 2 N–H and O–H groups in total. The largest absolute Gasteiger partial charge is 0.490 e. The van der Waals surface area contributed by atoms with Crippen LogP contribution in [0.15, 0.2) is 24.3 Å². The molecule has 0 unspecified atom stereocenters. The highest BCUT2D eigenvalue weighted by Gasteiger charge is 2.36. The SMILES string of the molecule is NCC1(c2ccccc2OC2CC2)CCCCC1. The van der Waals surface area contributed by atoms with Crippen LogP contribution in [-0.2, 0) is 5.41 Å². The van der Waals surface area contributed by atoms with E-state index in [2.05, 4.69) is 24.3 Å². The maximum Gasteiger partial charge on any atom is 0.123 e. The van der Waals surface area contributed by atoms with Gasteiger partial charge in [-0.25, -0.2) is 0 Å². The van der Waals surface area contributed by atoms with Crippen LogP contribution in [0.3, 0.4) is 0 Å². The minimum absolute atomic E-state index is 0.170. The summed E-state index contributed by atoms with van der Waals surface area (Å²) >= 11 is 0. The maximum absolute atomic E-state index is 6.13. The summed E-state index contributed by atoms with van der Waals surface area (Å²) in [6.07, 6.45) is 9.28. The van der Waals surface area contributed by atoms with Gasteiger partial charge in [0, 0.05) is 17.5 Å². The van der Waals surface area contributed by atoms with Gasteiger partial charge in [0.25, 0.3) is 0 Å². The number of hydrogen-bond acceptors (Lipinski definition) is 2. The molecule has 98 valence electrons. The summed E-state index contributed by atoms with van der Waals surface area (Å²) in [4.78, 5) is 0. The number of ether oxygens (including phenoxy) is 1. The monoisotopic (exact) mass is 245 g/mol. The molecule has 2 aliphatic carbocycles. The Morgan fingerprint density at radius 3 is 2.50 bits per heavy atom. The van der Waals surface area contributed by atoms with Gasteiger partial charge in [-0.3, -0.25) is 0 Å². The predicted octanol–water partition coefficient (Wildman–Crippen LogP) is 3.39. The summed E-state index contributed by atoms with van der Waals surface area (Å²) in [6.45, 7) is 0.748. The molecule has 2 saturated carbocycles. The fourth-order valence-electron chi connectivity index (χ4n) is 3.18. The van der Waals surface area contributed by atoms with E-state index in [1.165, 1.54) is 50.5 Å². The van der Waals surface area contributed by atoms with Crippen molar-refractivity contribution in [2.75, 3.05) is 6.54 Å². The lowest BCUT2D eigenvalue weighted by Crippen LogP contribution is -2.37. The molecule has 0 radical (unpaired) electrons. The van der Waals surface area contributed by atoms with Crippen LogP contribution in [0.2, 0.25) is 0 Å². The zero-order chi connectivity index (χ0) is 12.4. The third kappa shape index (κ3) is 2.26. The lowest BCUT2D eigenvalue weighted by atomic mass is 9.69. The molecule has 0 spiro atoms.